The van der Waals surface area contributed by atoms with Crippen molar-refractivity contribution in [3.63, 3.8) is 0 Å². The highest BCUT2D eigenvalue weighted by Crippen LogP contribution is 2.30. The van der Waals surface area contributed by atoms with Gasteiger partial charge in [0.2, 0.25) is 0 Å². The Morgan fingerprint density at radius 2 is 1.50 bits per heavy atom. The van der Waals surface area contributed by atoms with Crippen LogP contribution >= 0.6 is 11.8 Å². The molecule has 20 heavy (non-hydrogen) atoms. The van der Waals surface area contributed by atoms with Gasteiger partial charge in [0, 0.05) is 4.91 Å². The molecule has 0 bridgehead atoms. The van der Waals surface area contributed by atoms with Crippen molar-refractivity contribution in [1.82, 2.24) is 0 Å². The van der Waals surface area contributed by atoms with E-state index in [2.05, 4.69) is 0 Å². The van der Waals surface area contributed by atoms with E-state index in [-0.39, 0.29) is 18.8 Å². The molecule has 0 aliphatic heterocycles. The molecule has 0 heterocycles. The summed E-state index contributed by atoms with van der Waals surface area (Å²) < 4.78 is 9.93. The maximum atomic E-state index is 12.0. The normalized spacial score (nSPS) is 9.75. The van der Waals surface area contributed by atoms with Crippen molar-refractivity contribution >= 4 is 28.6 Å². The van der Waals surface area contributed by atoms with E-state index in [0.29, 0.717) is 4.91 Å². The van der Waals surface area contributed by atoms with Crippen LogP contribution in [0.25, 0.3) is 4.91 Å². The van der Waals surface area contributed by atoms with Crippen LogP contribution in [0.1, 0.15) is 19.4 Å². The van der Waals surface area contributed by atoms with Crippen LogP contribution in [0, 0.1) is 0 Å². The zero-order chi connectivity index (χ0) is 15.0. The van der Waals surface area contributed by atoms with Crippen LogP contribution in [0.4, 0.5) is 0 Å². The Hall–Kier alpha value is -1.75. The molecule has 0 fully saturated rings. The van der Waals surface area contributed by atoms with Crippen molar-refractivity contribution in [1.29, 1.82) is 0 Å². The Labute approximate surface area is 123 Å². The number of thioether (sulfide) groups is 1. The second-order valence-electron chi connectivity index (χ2n) is 3.72. The number of rotatable bonds is 6. The Balaban J connectivity index is 3.32. The van der Waals surface area contributed by atoms with Gasteiger partial charge in [-0.1, -0.05) is 30.3 Å². The van der Waals surface area contributed by atoms with Crippen LogP contribution in [-0.4, -0.2) is 31.4 Å². The maximum Gasteiger partial charge on any atom is 0.346 e. The van der Waals surface area contributed by atoms with E-state index < -0.39 is 11.9 Å². The predicted octanol–water partition coefficient (Wildman–Crippen LogP) is 2.89. The summed E-state index contributed by atoms with van der Waals surface area (Å²) in [7, 11) is 0. The van der Waals surface area contributed by atoms with E-state index in [0.717, 1.165) is 5.56 Å². The van der Waals surface area contributed by atoms with E-state index in [1.54, 1.807) is 20.1 Å². The van der Waals surface area contributed by atoms with Crippen LogP contribution in [-0.2, 0) is 19.1 Å². The quantitative estimate of drug-likeness (QED) is 0.349. The molecule has 0 saturated carbocycles. The molecule has 1 aromatic carbocycles. The number of carbonyl (C=O) groups is 2. The molecule has 0 amide bonds. The Kier molecular flexibility index (Phi) is 6.87. The number of ether oxygens (including phenoxy) is 2. The maximum absolute atomic E-state index is 12.0. The van der Waals surface area contributed by atoms with Crippen LogP contribution in [0.2, 0.25) is 0 Å². The van der Waals surface area contributed by atoms with Gasteiger partial charge in [-0.15, -0.1) is 11.8 Å². The number of carbonyl (C=O) groups excluding carboxylic acids is 2. The molecule has 1 rings (SSSR count). The third-order valence-electron chi connectivity index (χ3n) is 2.43. The second kappa shape index (κ2) is 8.43. The molecule has 0 atom stereocenters. The molecule has 0 spiro atoms. The first kappa shape index (κ1) is 16.3. The molecule has 108 valence electrons. The van der Waals surface area contributed by atoms with E-state index in [4.69, 9.17) is 9.47 Å². The molecule has 1 aromatic rings. The van der Waals surface area contributed by atoms with E-state index in [1.807, 2.05) is 30.3 Å². The van der Waals surface area contributed by atoms with Gasteiger partial charge in [-0.3, -0.25) is 0 Å². The SMILES string of the molecule is CCOC(=O)C(C(=O)OCC)=C(SC)c1ccccc1. The first-order chi connectivity index (χ1) is 9.65. The average molecular weight is 294 g/mol. The van der Waals surface area contributed by atoms with Crippen molar-refractivity contribution in [2.24, 2.45) is 0 Å². The first-order valence-electron chi connectivity index (χ1n) is 6.33. The fraction of sp³-hybridized carbons (Fsp3) is 0.333. The topological polar surface area (TPSA) is 52.6 Å². The number of hydrogen-bond donors (Lipinski definition) is 0. The third kappa shape index (κ3) is 4.13. The summed E-state index contributed by atoms with van der Waals surface area (Å²) in [6, 6.07) is 9.24. The van der Waals surface area contributed by atoms with Crippen molar-refractivity contribution < 1.29 is 19.1 Å². The lowest BCUT2D eigenvalue weighted by Crippen LogP contribution is -2.19. The van der Waals surface area contributed by atoms with Gasteiger partial charge in [0.25, 0.3) is 0 Å². The highest BCUT2D eigenvalue weighted by atomic mass is 32.2. The zero-order valence-corrected chi connectivity index (χ0v) is 12.7. The van der Waals surface area contributed by atoms with Gasteiger partial charge in [-0.05, 0) is 25.7 Å². The van der Waals surface area contributed by atoms with Gasteiger partial charge in [0.1, 0.15) is 0 Å². The van der Waals surface area contributed by atoms with E-state index in [1.165, 1.54) is 11.8 Å². The van der Waals surface area contributed by atoms with Gasteiger partial charge in [-0.2, -0.15) is 0 Å². The van der Waals surface area contributed by atoms with Crippen LogP contribution in [0.5, 0.6) is 0 Å². The molecule has 0 N–H and O–H groups in total. The van der Waals surface area contributed by atoms with Crippen LogP contribution < -0.4 is 0 Å². The fourth-order valence-corrected chi connectivity index (χ4v) is 2.37. The number of benzene rings is 1. The van der Waals surface area contributed by atoms with Crippen LogP contribution in [0.15, 0.2) is 35.9 Å². The van der Waals surface area contributed by atoms with Crippen molar-refractivity contribution in [3.8, 4) is 0 Å². The minimum Gasteiger partial charge on any atom is -0.462 e. The zero-order valence-electron chi connectivity index (χ0n) is 11.8. The fourth-order valence-electron chi connectivity index (χ4n) is 1.63. The summed E-state index contributed by atoms with van der Waals surface area (Å²) in [6.45, 7) is 3.81. The molecule has 0 radical (unpaired) electrons. The van der Waals surface area contributed by atoms with E-state index in [9.17, 15) is 9.59 Å². The molecular weight excluding hydrogens is 276 g/mol. The predicted molar refractivity (Wildman–Crippen MR) is 80.1 cm³/mol. The van der Waals surface area contributed by atoms with Crippen LogP contribution in [0.3, 0.4) is 0 Å². The molecule has 4 nitrogen and oxygen atoms in total. The summed E-state index contributed by atoms with van der Waals surface area (Å²) in [4.78, 5) is 24.6. The number of esters is 2. The molecule has 0 aliphatic carbocycles. The lowest BCUT2D eigenvalue weighted by atomic mass is 10.1. The Morgan fingerprint density at radius 1 is 1.00 bits per heavy atom. The molecule has 0 aliphatic rings. The summed E-state index contributed by atoms with van der Waals surface area (Å²) in [5.74, 6) is -1.31. The summed E-state index contributed by atoms with van der Waals surface area (Å²) in [6.07, 6.45) is 1.81. The number of hydrogen-bond acceptors (Lipinski definition) is 5. The summed E-state index contributed by atoms with van der Waals surface area (Å²) in [5, 5.41) is 0. The largest absolute Gasteiger partial charge is 0.462 e. The summed E-state index contributed by atoms with van der Waals surface area (Å²) in [5.41, 5.74) is 0.739. The minimum atomic E-state index is -0.654. The highest BCUT2D eigenvalue weighted by molar-refractivity contribution is 8.07. The Morgan fingerprint density at radius 3 is 1.90 bits per heavy atom. The standard InChI is InChI=1S/C15H18O4S/c1-4-18-14(16)12(15(17)19-5-2)13(20-3)11-9-7-6-8-10-11/h6-10H,4-5H2,1-3H3. The third-order valence-corrected chi connectivity index (χ3v) is 3.27. The highest BCUT2D eigenvalue weighted by Gasteiger charge is 2.26. The van der Waals surface area contributed by atoms with Gasteiger partial charge in [0.15, 0.2) is 5.57 Å². The Bertz CT molecular complexity index is 474. The first-order valence-corrected chi connectivity index (χ1v) is 7.56. The molecule has 0 aromatic heterocycles. The van der Waals surface area contributed by atoms with Crippen molar-refractivity contribution in [3.05, 3.63) is 41.5 Å². The van der Waals surface area contributed by atoms with Gasteiger partial charge >= 0.3 is 11.9 Å². The average Bonchev–Trinajstić information content (AvgIpc) is 2.45. The second-order valence-corrected chi connectivity index (χ2v) is 4.53. The molecule has 0 unspecified atom stereocenters. The van der Waals surface area contributed by atoms with Gasteiger partial charge in [0.05, 0.1) is 13.2 Å². The molecule has 0 saturated heterocycles. The van der Waals surface area contributed by atoms with Crippen molar-refractivity contribution in [2.45, 2.75) is 13.8 Å². The molecular formula is C15H18O4S. The lowest BCUT2D eigenvalue weighted by molar-refractivity contribution is -0.146. The summed E-state index contributed by atoms with van der Waals surface area (Å²) >= 11 is 1.32. The van der Waals surface area contributed by atoms with E-state index >= 15 is 0 Å². The van der Waals surface area contributed by atoms with Gasteiger partial charge < -0.3 is 9.47 Å². The molecule has 5 heteroatoms. The lowest BCUT2D eigenvalue weighted by Gasteiger charge is -2.12. The smallest absolute Gasteiger partial charge is 0.346 e. The monoisotopic (exact) mass is 294 g/mol. The van der Waals surface area contributed by atoms with Gasteiger partial charge in [-0.25, -0.2) is 9.59 Å². The van der Waals surface area contributed by atoms with Crippen molar-refractivity contribution in [2.75, 3.05) is 19.5 Å². The minimum absolute atomic E-state index is 0.0487.